The maximum atomic E-state index is 14.7. The van der Waals surface area contributed by atoms with E-state index in [-0.39, 0.29) is 61.3 Å². The fraction of sp³-hybridized carbons (Fsp3) is 0.537. The number of hydrazine groups is 1. The Morgan fingerprint density at radius 3 is 2.57 bits per heavy atom. The third-order valence-corrected chi connectivity index (χ3v) is 14.0. The summed E-state index contributed by atoms with van der Waals surface area (Å²) in [5, 5.41) is 5.75. The number of nitrogens with zero attached hydrogens (tertiary/aromatic N) is 5. The summed E-state index contributed by atoms with van der Waals surface area (Å²) in [7, 11) is 1.97. The van der Waals surface area contributed by atoms with Gasteiger partial charge in [0.2, 0.25) is 5.91 Å². The van der Waals surface area contributed by atoms with Crippen molar-refractivity contribution in [1.82, 2.24) is 35.1 Å². The first kappa shape index (κ1) is 48.9. The van der Waals surface area contributed by atoms with Gasteiger partial charge in [-0.2, -0.15) is 0 Å². The molecule has 2 N–H and O–H groups in total. The summed E-state index contributed by atoms with van der Waals surface area (Å²) in [6, 6.07) is 17.2. The summed E-state index contributed by atoms with van der Waals surface area (Å²) in [4.78, 5) is 64.4. The number of hydrogen-bond acceptors (Lipinski definition) is 10. The summed E-state index contributed by atoms with van der Waals surface area (Å²) in [6.07, 6.45) is 3.59. The van der Waals surface area contributed by atoms with Crippen molar-refractivity contribution in [3.05, 3.63) is 77.6 Å². The van der Waals surface area contributed by atoms with E-state index in [0.717, 1.165) is 57.6 Å². The third-order valence-electron chi connectivity index (χ3n) is 14.0. The van der Waals surface area contributed by atoms with E-state index in [2.05, 4.69) is 103 Å². The van der Waals surface area contributed by atoms with Crippen LogP contribution in [0.15, 0.2) is 60.8 Å². The Morgan fingerprint density at radius 2 is 1.82 bits per heavy atom. The zero-order valence-corrected chi connectivity index (χ0v) is 41.1. The Labute approximate surface area is 401 Å². The van der Waals surface area contributed by atoms with E-state index in [1.165, 1.54) is 10.6 Å². The largest absolute Gasteiger partial charge is 0.464 e. The zero-order chi connectivity index (χ0) is 48.3. The van der Waals surface area contributed by atoms with Gasteiger partial charge in [0.25, 0.3) is 11.8 Å². The number of benzene rings is 2. The van der Waals surface area contributed by atoms with Crippen LogP contribution in [0.5, 0.6) is 0 Å². The summed E-state index contributed by atoms with van der Waals surface area (Å²) < 4.78 is 20.3. The molecule has 0 saturated carbocycles. The van der Waals surface area contributed by atoms with E-state index < -0.39 is 29.4 Å². The van der Waals surface area contributed by atoms with Crippen molar-refractivity contribution in [2.75, 3.05) is 59.7 Å². The van der Waals surface area contributed by atoms with E-state index in [0.29, 0.717) is 52.1 Å². The minimum Gasteiger partial charge on any atom is -0.464 e. The number of hydrogen-bond donors (Lipinski definition) is 2. The van der Waals surface area contributed by atoms with E-state index in [1.807, 2.05) is 45.3 Å². The molecule has 4 aliphatic rings. The molecule has 3 amide bonds. The van der Waals surface area contributed by atoms with Crippen LogP contribution in [0.1, 0.15) is 84.0 Å². The van der Waals surface area contributed by atoms with Crippen molar-refractivity contribution >= 4 is 34.6 Å². The molecule has 0 unspecified atom stereocenters. The topological polar surface area (TPSA) is 148 Å². The number of fused-ring (bicyclic) bond motifs is 6. The highest BCUT2D eigenvalue weighted by Crippen LogP contribution is 2.42. The highest BCUT2D eigenvalue weighted by molar-refractivity contribution is 5.96. The molecule has 0 radical (unpaired) electrons. The molecular formula is C54H69N7O7. The molecule has 3 saturated heterocycles. The van der Waals surface area contributed by atoms with Crippen LogP contribution in [0.4, 0.5) is 0 Å². The molecule has 4 atom stereocenters. The zero-order valence-electron chi connectivity index (χ0n) is 41.1. The highest BCUT2D eigenvalue weighted by Gasteiger charge is 2.38. The van der Waals surface area contributed by atoms with Gasteiger partial charge in [-0.3, -0.25) is 34.1 Å². The number of carbonyl (C=O) groups is 4. The average Bonchev–Trinajstić information content (AvgIpc) is 3.61. The summed E-state index contributed by atoms with van der Waals surface area (Å²) in [6.45, 7) is 18.8. The second-order valence-corrected chi connectivity index (χ2v) is 20.5. The SMILES string of the molecule is CCn1c(-c2cccnc2C(C)C)c2c3cc(ccc31)-c1cccc(c1)C[C@H](NC(=O)[C@@H](COC1CN(C(=O)C#C[C@H]3COCCN3C)C1)C(C)C)C(=O)N1CCC[C@H](N1)C(=O)OCC(C)(C)C2. The lowest BCUT2D eigenvalue weighted by Crippen LogP contribution is -2.61. The van der Waals surface area contributed by atoms with Crippen LogP contribution in [-0.4, -0.2) is 132 Å². The van der Waals surface area contributed by atoms with Crippen molar-refractivity contribution in [2.45, 2.75) is 111 Å². The molecular weight excluding hydrogens is 859 g/mol. The number of nitrogens with one attached hydrogen (secondary N) is 2. The molecule has 0 aliphatic carbocycles. The minimum atomic E-state index is -0.951. The van der Waals surface area contributed by atoms with Crippen LogP contribution in [0.25, 0.3) is 33.3 Å². The van der Waals surface area contributed by atoms with Crippen LogP contribution in [0.2, 0.25) is 0 Å². The second-order valence-electron chi connectivity index (χ2n) is 20.5. The number of carbonyl (C=O) groups excluding carboxylic acids is 4. The number of aryl methyl sites for hydroxylation is 1. The average molecular weight is 928 g/mol. The predicted molar refractivity (Wildman–Crippen MR) is 262 cm³/mol. The Morgan fingerprint density at radius 1 is 1.03 bits per heavy atom. The molecule has 6 heterocycles. The van der Waals surface area contributed by atoms with Crippen LogP contribution >= 0.6 is 0 Å². The number of cyclic esters (lactones) is 1. The molecule has 3 fully saturated rings. The standard InChI is InChI=1S/C54H69N7O7/c1-9-60-47-19-17-38-27-42(47)43(50(60)41-15-11-21-55-49(41)35(4)5)28-54(6,7)33-68-53(65)45-16-12-22-61(57-45)52(64)46(26-36-13-10-14-37(38)25-36)56-51(63)44(34(2)3)32-67-40-29-59(30-40)48(62)20-18-39-31-66-24-23-58(39)8/h10-11,13-15,17,19,21,25,27,34-35,39-40,44-46,57H,9,12,16,22-24,26,28-33H2,1-8H3,(H,56,63)/t39-,44-,45-,46-/m0/s1. The lowest BCUT2D eigenvalue weighted by Gasteiger charge is -2.38. The fourth-order valence-electron chi connectivity index (χ4n) is 9.87. The number of rotatable bonds is 9. The number of aromatic nitrogens is 2. The molecule has 14 heteroatoms. The Hall–Kier alpha value is -5.59. The second kappa shape index (κ2) is 21.0. The maximum Gasteiger partial charge on any atom is 0.324 e. The summed E-state index contributed by atoms with van der Waals surface area (Å²) in [5.41, 5.74) is 11.2. The third kappa shape index (κ3) is 10.8. The number of pyridine rings is 1. The highest BCUT2D eigenvalue weighted by atomic mass is 16.5. The molecule has 362 valence electrons. The minimum absolute atomic E-state index is 0.111. The van der Waals surface area contributed by atoms with E-state index >= 15 is 0 Å². The molecule has 68 heavy (non-hydrogen) atoms. The first-order valence-corrected chi connectivity index (χ1v) is 24.5. The van der Waals surface area contributed by atoms with Crippen molar-refractivity contribution in [1.29, 1.82) is 0 Å². The predicted octanol–water partition coefficient (Wildman–Crippen LogP) is 6.00. The van der Waals surface area contributed by atoms with Gasteiger partial charge >= 0.3 is 5.97 Å². The van der Waals surface area contributed by atoms with Gasteiger partial charge in [-0.15, -0.1) is 0 Å². The molecule has 4 aliphatic heterocycles. The fourth-order valence-corrected chi connectivity index (χ4v) is 9.87. The molecule has 2 aromatic carbocycles. The maximum absolute atomic E-state index is 14.7. The van der Waals surface area contributed by atoms with Crippen molar-refractivity contribution in [3.8, 4) is 34.2 Å². The Bertz CT molecular complexity index is 2570. The number of ether oxygens (including phenoxy) is 3. The van der Waals surface area contributed by atoms with Gasteiger partial charge in [-0.25, -0.2) is 5.43 Å². The molecule has 2 aromatic heterocycles. The van der Waals surface area contributed by atoms with Gasteiger partial charge in [-0.05, 0) is 97.5 Å². The lowest BCUT2D eigenvalue weighted by molar-refractivity contribution is -0.155. The van der Waals surface area contributed by atoms with Crippen molar-refractivity contribution in [2.24, 2.45) is 17.3 Å². The first-order chi connectivity index (χ1) is 32.6. The van der Waals surface area contributed by atoms with Crippen molar-refractivity contribution in [3.63, 3.8) is 0 Å². The van der Waals surface area contributed by atoms with Crippen LogP contribution in [0.3, 0.4) is 0 Å². The van der Waals surface area contributed by atoms with Crippen molar-refractivity contribution < 1.29 is 33.4 Å². The Kier molecular flexibility index (Phi) is 15.1. The normalized spacial score (nSPS) is 22.0. The van der Waals surface area contributed by atoms with Gasteiger partial charge in [0.1, 0.15) is 12.1 Å². The van der Waals surface area contributed by atoms with E-state index in [4.69, 9.17) is 19.2 Å². The molecule has 4 aromatic rings. The molecule has 8 rings (SSSR count). The van der Waals surface area contributed by atoms with Gasteiger partial charge in [0.05, 0.1) is 55.9 Å². The van der Waals surface area contributed by atoms with Crippen LogP contribution < -0.4 is 10.7 Å². The van der Waals surface area contributed by atoms with Crippen LogP contribution in [0, 0.1) is 29.1 Å². The van der Waals surface area contributed by atoms with Gasteiger partial charge in [-0.1, -0.05) is 77.8 Å². The number of esters is 1. The lowest BCUT2D eigenvalue weighted by atomic mass is 9.83. The first-order valence-electron chi connectivity index (χ1n) is 24.5. The number of morpholine rings is 1. The van der Waals surface area contributed by atoms with Gasteiger partial charge < -0.3 is 29.0 Å². The van der Waals surface area contributed by atoms with E-state index in [9.17, 15) is 19.2 Å². The summed E-state index contributed by atoms with van der Waals surface area (Å²) in [5.74, 6) is 4.04. The number of likely N-dealkylation sites (N-methyl/N-ethyl adjacent to an activating group) is 1. The molecule has 6 bridgehead atoms. The van der Waals surface area contributed by atoms with Gasteiger partial charge in [0, 0.05) is 67.2 Å². The number of likely N-dealkylation sites (tertiary alicyclic amines) is 1. The monoisotopic (exact) mass is 928 g/mol. The van der Waals surface area contributed by atoms with Crippen LogP contribution in [-0.2, 0) is 52.8 Å². The quantitative estimate of drug-likeness (QED) is 0.152. The van der Waals surface area contributed by atoms with E-state index in [1.54, 1.807) is 4.90 Å². The smallest absolute Gasteiger partial charge is 0.324 e. The molecule has 14 nitrogen and oxygen atoms in total. The van der Waals surface area contributed by atoms with Gasteiger partial charge in [0.15, 0.2) is 0 Å². The Balaban J connectivity index is 1.07. The summed E-state index contributed by atoms with van der Waals surface area (Å²) >= 11 is 0. The number of amides is 3. The molecule has 0 spiro atoms.